The van der Waals surface area contributed by atoms with Gasteiger partial charge in [-0.25, -0.2) is 9.37 Å². The first-order chi connectivity index (χ1) is 10.1. The molecule has 0 spiro atoms. The highest BCUT2D eigenvalue weighted by Crippen LogP contribution is 2.39. The zero-order valence-corrected chi connectivity index (χ0v) is 13.3. The maximum atomic E-state index is 13.4. The molecule has 3 rings (SSSR count). The molecular weight excluding hydrogens is 283 g/mol. The van der Waals surface area contributed by atoms with Crippen molar-refractivity contribution < 1.29 is 4.39 Å². The first kappa shape index (κ1) is 14.7. The fraction of sp³-hybridized carbons (Fsp3) is 0.471. The highest BCUT2D eigenvalue weighted by Gasteiger charge is 2.34. The maximum Gasteiger partial charge on any atom is 0.123 e. The summed E-state index contributed by atoms with van der Waals surface area (Å²) in [7, 11) is 0. The molecule has 2 heterocycles. The molecule has 112 valence electrons. The Morgan fingerprint density at radius 3 is 2.76 bits per heavy atom. The second-order valence-corrected chi connectivity index (χ2v) is 7.15. The lowest BCUT2D eigenvalue weighted by Gasteiger charge is -2.35. The number of benzene rings is 1. The van der Waals surface area contributed by atoms with Gasteiger partial charge in [0.25, 0.3) is 0 Å². The third-order valence-corrected chi connectivity index (χ3v) is 5.72. The van der Waals surface area contributed by atoms with Gasteiger partial charge in [0.15, 0.2) is 0 Å². The molecule has 0 atom stereocenters. The van der Waals surface area contributed by atoms with E-state index < -0.39 is 0 Å². The second kappa shape index (κ2) is 5.85. The Hall–Kier alpha value is -1.26. The molecule has 0 unspecified atom stereocenters. The Morgan fingerprint density at radius 1 is 1.29 bits per heavy atom. The Labute approximate surface area is 129 Å². The van der Waals surface area contributed by atoms with E-state index in [2.05, 4.69) is 19.2 Å². The molecule has 1 saturated heterocycles. The Kier molecular flexibility index (Phi) is 4.09. The van der Waals surface area contributed by atoms with Crippen molar-refractivity contribution in [1.82, 2.24) is 10.3 Å². The predicted molar refractivity (Wildman–Crippen MR) is 86.1 cm³/mol. The van der Waals surface area contributed by atoms with Crippen LogP contribution in [0.15, 0.2) is 29.6 Å². The largest absolute Gasteiger partial charge is 0.317 e. The Balaban J connectivity index is 1.86. The van der Waals surface area contributed by atoms with Crippen LogP contribution in [-0.2, 0) is 5.41 Å². The predicted octanol–water partition coefficient (Wildman–Crippen LogP) is 4.23. The van der Waals surface area contributed by atoms with E-state index in [-0.39, 0.29) is 11.2 Å². The summed E-state index contributed by atoms with van der Waals surface area (Å²) < 4.78 is 13.4. The van der Waals surface area contributed by atoms with E-state index >= 15 is 0 Å². The molecule has 1 aromatic heterocycles. The molecule has 1 N–H and O–H groups in total. The van der Waals surface area contributed by atoms with E-state index in [9.17, 15) is 4.39 Å². The fourth-order valence-corrected chi connectivity index (χ4v) is 4.10. The molecule has 1 aliphatic rings. The lowest BCUT2D eigenvalue weighted by molar-refractivity contribution is 0.246. The summed E-state index contributed by atoms with van der Waals surface area (Å²) in [5.74, 6) is 0.449. The van der Waals surface area contributed by atoms with Gasteiger partial charge in [0.2, 0.25) is 0 Å². The molecular formula is C17H21FN2S. The molecule has 1 fully saturated rings. The van der Waals surface area contributed by atoms with Gasteiger partial charge in [-0.3, -0.25) is 0 Å². The van der Waals surface area contributed by atoms with Crippen LogP contribution < -0.4 is 5.32 Å². The van der Waals surface area contributed by atoms with Crippen molar-refractivity contribution >= 4 is 11.3 Å². The standard InChI is InChI=1S/C17H21FN2S/c1-17(2,13-6-8-19-9-7-13)16-20-15(11-21-16)12-4-3-5-14(18)10-12/h3-5,10-11,13,19H,6-9H2,1-2H3. The van der Waals surface area contributed by atoms with Crippen LogP contribution in [0.3, 0.4) is 0 Å². The van der Waals surface area contributed by atoms with Crippen LogP contribution in [0.1, 0.15) is 31.7 Å². The summed E-state index contributed by atoms with van der Waals surface area (Å²) in [6.45, 7) is 6.76. The van der Waals surface area contributed by atoms with Gasteiger partial charge >= 0.3 is 0 Å². The van der Waals surface area contributed by atoms with Crippen LogP contribution >= 0.6 is 11.3 Å². The third-order valence-electron chi connectivity index (χ3n) is 4.54. The van der Waals surface area contributed by atoms with Gasteiger partial charge in [0, 0.05) is 16.4 Å². The lowest BCUT2D eigenvalue weighted by atomic mass is 9.74. The van der Waals surface area contributed by atoms with Crippen molar-refractivity contribution in [3.8, 4) is 11.3 Å². The summed E-state index contributed by atoms with van der Waals surface area (Å²) in [4.78, 5) is 4.80. The number of hydrogen-bond donors (Lipinski definition) is 1. The second-order valence-electron chi connectivity index (χ2n) is 6.29. The summed E-state index contributed by atoms with van der Waals surface area (Å²) in [6, 6.07) is 6.67. The van der Waals surface area contributed by atoms with E-state index in [0.717, 1.165) is 29.4 Å². The van der Waals surface area contributed by atoms with Crippen molar-refractivity contribution in [3.05, 3.63) is 40.5 Å². The Bertz CT molecular complexity index is 615. The molecule has 0 radical (unpaired) electrons. The van der Waals surface area contributed by atoms with E-state index in [1.807, 2.05) is 11.4 Å². The molecule has 0 aliphatic carbocycles. The molecule has 2 aromatic rings. The number of hydrogen-bond acceptors (Lipinski definition) is 3. The third kappa shape index (κ3) is 3.01. The number of aromatic nitrogens is 1. The summed E-state index contributed by atoms with van der Waals surface area (Å²) in [5, 5.41) is 6.63. The Morgan fingerprint density at radius 2 is 2.05 bits per heavy atom. The SMILES string of the molecule is CC(C)(c1nc(-c2cccc(F)c2)cs1)C1CCNCC1. The van der Waals surface area contributed by atoms with Gasteiger partial charge in [-0.2, -0.15) is 0 Å². The average molecular weight is 304 g/mol. The van der Waals surface area contributed by atoms with Crippen molar-refractivity contribution in [1.29, 1.82) is 0 Å². The van der Waals surface area contributed by atoms with E-state index in [4.69, 9.17) is 4.98 Å². The number of rotatable bonds is 3. The van der Waals surface area contributed by atoms with E-state index in [0.29, 0.717) is 5.92 Å². The normalized spacial score (nSPS) is 17.1. The van der Waals surface area contributed by atoms with Gasteiger partial charge in [-0.1, -0.05) is 26.0 Å². The summed E-state index contributed by atoms with van der Waals surface area (Å²) >= 11 is 1.70. The summed E-state index contributed by atoms with van der Waals surface area (Å²) in [6.07, 6.45) is 2.39. The number of nitrogens with one attached hydrogen (secondary N) is 1. The number of piperidine rings is 1. The van der Waals surface area contributed by atoms with Crippen LogP contribution in [0.2, 0.25) is 0 Å². The highest BCUT2D eigenvalue weighted by molar-refractivity contribution is 7.10. The fourth-order valence-electron chi connectivity index (χ4n) is 3.07. The van der Waals surface area contributed by atoms with Crippen molar-refractivity contribution in [2.75, 3.05) is 13.1 Å². The maximum absolute atomic E-state index is 13.4. The van der Waals surface area contributed by atoms with Crippen molar-refractivity contribution in [3.63, 3.8) is 0 Å². The zero-order valence-electron chi connectivity index (χ0n) is 12.5. The molecule has 0 saturated carbocycles. The molecule has 1 aromatic carbocycles. The lowest BCUT2D eigenvalue weighted by Crippen LogP contribution is -2.38. The van der Waals surface area contributed by atoms with Crippen LogP contribution in [0.25, 0.3) is 11.3 Å². The van der Waals surface area contributed by atoms with Crippen molar-refractivity contribution in [2.24, 2.45) is 5.92 Å². The quantitative estimate of drug-likeness (QED) is 0.918. The number of thiazole rings is 1. The van der Waals surface area contributed by atoms with E-state index in [1.54, 1.807) is 23.5 Å². The highest BCUT2D eigenvalue weighted by atomic mass is 32.1. The molecule has 0 amide bonds. The van der Waals surface area contributed by atoms with Gasteiger partial charge in [-0.15, -0.1) is 11.3 Å². The van der Waals surface area contributed by atoms with Crippen LogP contribution in [0.5, 0.6) is 0 Å². The van der Waals surface area contributed by atoms with Gasteiger partial charge in [-0.05, 0) is 44.0 Å². The minimum Gasteiger partial charge on any atom is -0.317 e. The first-order valence-corrected chi connectivity index (χ1v) is 8.38. The minimum atomic E-state index is -0.209. The summed E-state index contributed by atoms with van der Waals surface area (Å²) in [5.41, 5.74) is 1.83. The zero-order chi connectivity index (χ0) is 14.9. The molecule has 21 heavy (non-hydrogen) atoms. The molecule has 4 heteroatoms. The smallest absolute Gasteiger partial charge is 0.123 e. The van der Waals surface area contributed by atoms with Gasteiger partial charge in [0.1, 0.15) is 5.82 Å². The van der Waals surface area contributed by atoms with Gasteiger partial charge in [0.05, 0.1) is 10.7 Å². The number of nitrogens with zero attached hydrogens (tertiary/aromatic N) is 1. The van der Waals surface area contributed by atoms with Crippen LogP contribution in [0.4, 0.5) is 4.39 Å². The minimum absolute atomic E-state index is 0.0817. The molecule has 0 bridgehead atoms. The average Bonchev–Trinajstić information content (AvgIpc) is 2.99. The number of halogens is 1. The van der Waals surface area contributed by atoms with Gasteiger partial charge < -0.3 is 5.32 Å². The van der Waals surface area contributed by atoms with Crippen LogP contribution in [-0.4, -0.2) is 18.1 Å². The van der Waals surface area contributed by atoms with E-state index in [1.165, 1.54) is 18.9 Å². The molecule has 2 nitrogen and oxygen atoms in total. The topological polar surface area (TPSA) is 24.9 Å². The van der Waals surface area contributed by atoms with Crippen molar-refractivity contribution in [2.45, 2.75) is 32.1 Å². The van der Waals surface area contributed by atoms with Crippen LogP contribution in [0, 0.1) is 11.7 Å². The first-order valence-electron chi connectivity index (χ1n) is 7.50. The molecule has 1 aliphatic heterocycles. The monoisotopic (exact) mass is 304 g/mol.